The van der Waals surface area contributed by atoms with Crippen molar-refractivity contribution in [3.05, 3.63) is 260 Å². The minimum atomic E-state index is -0.468. The van der Waals surface area contributed by atoms with E-state index in [0.29, 0.717) is 29.3 Å². The minimum absolute atomic E-state index is 0.468. The maximum absolute atomic E-state index is 5.48. The highest BCUT2D eigenvalue weighted by Crippen LogP contribution is 2.42. The van der Waals surface area contributed by atoms with Crippen LogP contribution in [0.2, 0.25) is 0 Å². The minimum Gasteiger partial charge on any atom is -0.330 e. The Morgan fingerprint density at radius 2 is 0.747 bits per heavy atom. The van der Waals surface area contributed by atoms with Gasteiger partial charge in [-0.25, -0.2) is 19.9 Å². The van der Waals surface area contributed by atoms with Crippen LogP contribution in [0.5, 0.6) is 0 Å². The van der Waals surface area contributed by atoms with Gasteiger partial charge < -0.3 is 14.5 Å². The smallest absolute Gasteiger partial charge is 0.212 e. The molecule has 0 radical (unpaired) electrons. The Bertz CT molecular complexity index is 4540. The van der Waals surface area contributed by atoms with Crippen LogP contribution in [0.4, 0.5) is 0 Å². The van der Waals surface area contributed by atoms with Gasteiger partial charge in [-0.05, 0) is 72.3 Å². The van der Waals surface area contributed by atoms with Gasteiger partial charge in [-0.3, -0.25) is 4.57 Å². The van der Waals surface area contributed by atoms with Gasteiger partial charge in [0, 0.05) is 65.9 Å². The van der Waals surface area contributed by atoms with E-state index in [1.807, 2.05) is 78.9 Å². The molecule has 1 atom stereocenters. The van der Waals surface area contributed by atoms with E-state index in [1.165, 1.54) is 5.39 Å². The first-order chi connectivity index (χ1) is 37.2. The largest absolute Gasteiger partial charge is 0.330 e. The number of fused-ring (bicyclic) bond motifs is 10. The molecule has 0 bridgehead atoms. The number of nitrogens with one attached hydrogen (secondary N) is 1. The number of aliphatic imine (C=N–C) groups is 2. The zero-order valence-electron chi connectivity index (χ0n) is 40.3. The third-order valence-corrected chi connectivity index (χ3v) is 14.6. The van der Waals surface area contributed by atoms with Crippen LogP contribution in [0.1, 0.15) is 17.3 Å². The van der Waals surface area contributed by atoms with Gasteiger partial charge in [-0.1, -0.05) is 182 Å². The molecule has 0 saturated heterocycles. The monoisotopic (exact) mass is 961 g/mol. The Morgan fingerprint density at radius 3 is 1.32 bits per heavy atom. The van der Waals surface area contributed by atoms with Crippen molar-refractivity contribution < 1.29 is 0 Å². The fraction of sp³-hybridized carbons (Fsp3) is 0.0152. The van der Waals surface area contributed by atoms with E-state index in [9.17, 15) is 0 Å². The van der Waals surface area contributed by atoms with Gasteiger partial charge in [-0.2, -0.15) is 4.99 Å². The van der Waals surface area contributed by atoms with Gasteiger partial charge in [0.15, 0.2) is 23.3 Å². The molecule has 1 N–H and O–H groups in total. The summed E-state index contributed by atoms with van der Waals surface area (Å²) in [6.07, 6.45) is -0.468. The number of benzene rings is 10. The van der Waals surface area contributed by atoms with E-state index in [4.69, 9.17) is 24.9 Å². The predicted molar refractivity (Wildman–Crippen MR) is 306 cm³/mol. The summed E-state index contributed by atoms with van der Waals surface area (Å²) >= 11 is 0. The van der Waals surface area contributed by atoms with Gasteiger partial charge in [-0.15, -0.1) is 0 Å². The van der Waals surface area contributed by atoms with Crippen molar-refractivity contribution in [2.45, 2.75) is 6.17 Å². The average molecular weight is 962 g/mol. The van der Waals surface area contributed by atoms with Crippen LogP contribution >= 0.6 is 0 Å². The summed E-state index contributed by atoms with van der Waals surface area (Å²) in [4.78, 5) is 25.9. The molecule has 1 aliphatic heterocycles. The van der Waals surface area contributed by atoms with Crippen molar-refractivity contribution in [2.24, 2.45) is 9.98 Å². The number of amidine groups is 1. The molecule has 1 unspecified atom stereocenters. The Hall–Kier alpha value is -10.3. The van der Waals surface area contributed by atoms with Crippen LogP contribution in [0.15, 0.2) is 259 Å². The van der Waals surface area contributed by atoms with Crippen LogP contribution in [0, 0.1) is 0 Å². The fourth-order valence-corrected chi connectivity index (χ4v) is 11.1. The molecule has 9 nitrogen and oxygen atoms in total. The maximum Gasteiger partial charge on any atom is 0.212 e. The molecular formula is C66H43N9. The lowest BCUT2D eigenvalue weighted by Crippen LogP contribution is -2.37. The third-order valence-electron chi connectivity index (χ3n) is 14.6. The van der Waals surface area contributed by atoms with Gasteiger partial charge in [0.1, 0.15) is 6.17 Å². The van der Waals surface area contributed by atoms with Crippen molar-refractivity contribution >= 4 is 77.2 Å². The van der Waals surface area contributed by atoms with E-state index in [2.05, 4.69) is 189 Å². The first kappa shape index (κ1) is 42.4. The molecule has 0 amide bonds. The van der Waals surface area contributed by atoms with Crippen LogP contribution in [0.3, 0.4) is 0 Å². The quantitative estimate of drug-likeness (QED) is 0.172. The highest BCUT2D eigenvalue weighted by atomic mass is 15.3. The lowest BCUT2D eigenvalue weighted by Gasteiger charge is -2.25. The Balaban J connectivity index is 0.921. The zero-order valence-corrected chi connectivity index (χ0v) is 40.3. The normalized spacial score (nSPS) is 13.7. The Kier molecular flexibility index (Phi) is 9.74. The lowest BCUT2D eigenvalue weighted by molar-refractivity contribution is 0.662. The van der Waals surface area contributed by atoms with Crippen molar-refractivity contribution in [1.29, 1.82) is 0 Å². The Morgan fingerprint density at radius 1 is 0.320 bits per heavy atom. The molecule has 4 aromatic heterocycles. The summed E-state index contributed by atoms with van der Waals surface area (Å²) in [5, 5.41) is 10.8. The molecule has 9 heteroatoms. The van der Waals surface area contributed by atoms with Crippen molar-refractivity contribution in [1.82, 2.24) is 34.0 Å². The Labute approximate surface area is 430 Å². The van der Waals surface area contributed by atoms with E-state index < -0.39 is 6.17 Å². The van der Waals surface area contributed by atoms with Gasteiger partial charge >= 0.3 is 0 Å². The molecule has 0 saturated carbocycles. The first-order valence-electron chi connectivity index (χ1n) is 25.2. The second kappa shape index (κ2) is 17.2. The second-order valence-electron chi connectivity index (χ2n) is 18.9. The number of hydrogen-bond acceptors (Lipinski definition) is 6. The van der Waals surface area contributed by atoms with Crippen LogP contribution < -0.4 is 5.32 Å². The van der Waals surface area contributed by atoms with Crippen LogP contribution in [0.25, 0.3) is 111 Å². The molecule has 15 rings (SSSR count). The maximum atomic E-state index is 5.48. The molecule has 75 heavy (non-hydrogen) atoms. The summed E-state index contributed by atoms with van der Waals surface area (Å²) in [5.41, 5.74) is 13.4. The molecule has 14 aromatic rings. The summed E-state index contributed by atoms with van der Waals surface area (Å²) in [5.74, 6) is 3.19. The molecule has 0 aliphatic carbocycles. The van der Waals surface area contributed by atoms with E-state index >= 15 is 0 Å². The second-order valence-corrected chi connectivity index (χ2v) is 18.9. The molecular weight excluding hydrogens is 919 g/mol. The number of nitrogens with zero attached hydrogens (tertiary/aromatic N) is 8. The molecule has 0 fully saturated rings. The molecule has 5 heterocycles. The molecule has 1 aliphatic rings. The summed E-state index contributed by atoms with van der Waals surface area (Å²) in [6.45, 7) is 0. The fourth-order valence-electron chi connectivity index (χ4n) is 11.1. The van der Waals surface area contributed by atoms with Crippen LogP contribution in [-0.2, 0) is 0 Å². The van der Waals surface area contributed by atoms with Crippen molar-refractivity contribution in [3.63, 3.8) is 0 Å². The predicted octanol–water partition coefficient (Wildman–Crippen LogP) is 15.1. The average Bonchev–Trinajstić information content (AvgIpc) is 4.14. The third kappa shape index (κ3) is 6.97. The highest BCUT2D eigenvalue weighted by molar-refractivity contribution is 6.26. The summed E-state index contributed by atoms with van der Waals surface area (Å²) < 4.78 is 7.07. The summed E-state index contributed by atoms with van der Waals surface area (Å²) in [7, 11) is 0. The van der Waals surface area contributed by atoms with E-state index in [-0.39, 0.29) is 0 Å². The van der Waals surface area contributed by atoms with E-state index in [1.54, 1.807) is 0 Å². The first-order valence-corrected chi connectivity index (χ1v) is 25.2. The van der Waals surface area contributed by atoms with Gasteiger partial charge in [0.25, 0.3) is 0 Å². The highest BCUT2D eigenvalue weighted by Gasteiger charge is 2.28. The SMILES string of the molecule is c1ccc(C2=NC(c3ccc4c(c3)c3ccccc3n4-c3ccccc3)NC(n3c4ccccc4c4ccc5c6ccccc6n(-c6ccc(-c7nc(-c8ccccc8)nc(-c8ccccc8)n7)cc6)c5c43)=N2)cc1. The molecule has 352 valence electrons. The number of rotatable bonds is 7. The van der Waals surface area contributed by atoms with Crippen molar-refractivity contribution in [2.75, 3.05) is 0 Å². The number of para-hydroxylation sites is 4. The van der Waals surface area contributed by atoms with Gasteiger partial charge in [0.05, 0.1) is 33.1 Å². The molecule has 10 aromatic carbocycles. The lowest BCUT2D eigenvalue weighted by atomic mass is 10.1. The topological polar surface area (TPSA) is 90.2 Å². The van der Waals surface area contributed by atoms with Crippen LogP contribution in [-0.4, -0.2) is 40.4 Å². The molecule has 0 spiro atoms. The number of hydrogen-bond donors (Lipinski definition) is 1. The van der Waals surface area contributed by atoms with E-state index in [0.717, 1.165) is 99.2 Å². The number of aromatic nitrogens is 6. The summed E-state index contributed by atoms with van der Waals surface area (Å²) in [6, 6.07) is 87.0. The standard InChI is InChI=1S/C66H43N9/c1-5-19-42(20-6-1)61-67-62(43-21-7-2-8-22-43)69-63(68-61)45-33-36-48(37-34-45)74-56-31-17-13-27-49(56)52-38-39-53-50-28-14-18-32-57(50)75(60(53)59(52)74)66-71-64(44-23-9-3-10-24-44)70-65(72-66)46-35-40-58-54(41-46)51-29-15-16-30-55(51)73(58)47-25-11-4-12-26-47/h1-41,65H,(H,70,71,72). The van der Waals surface area contributed by atoms with Crippen molar-refractivity contribution in [3.8, 4) is 45.5 Å². The zero-order chi connectivity index (χ0) is 49.4. The van der Waals surface area contributed by atoms with Gasteiger partial charge in [0.2, 0.25) is 5.96 Å².